The van der Waals surface area contributed by atoms with Gasteiger partial charge in [-0.25, -0.2) is 9.37 Å². The van der Waals surface area contributed by atoms with Crippen molar-refractivity contribution in [2.45, 2.75) is 11.1 Å². The Morgan fingerprint density at radius 3 is 2.36 bits per heavy atom. The molecule has 2 aromatic heterocycles. The Bertz CT molecular complexity index is 1000. The van der Waals surface area contributed by atoms with Crippen molar-refractivity contribution in [3.63, 3.8) is 0 Å². The molecule has 0 aliphatic rings. The molecular weight excluding hydrogens is 400 g/mol. The lowest BCUT2D eigenvalue weighted by molar-refractivity contribution is -0.662. The minimum atomic E-state index is -4.59. The van der Waals surface area contributed by atoms with E-state index < -0.39 is 29.5 Å². The van der Waals surface area contributed by atoms with Gasteiger partial charge in [-0.15, -0.1) is 0 Å². The number of anilines is 1. The van der Waals surface area contributed by atoms with E-state index in [9.17, 15) is 27.5 Å². The first kappa shape index (κ1) is 19.4. The predicted molar refractivity (Wildman–Crippen MR) is 90.2 cm³/mol. The van der Waals surface area contributed by atoms with E-state index in [1.54, 1.807) is 0 Å². The first-order chi connectivity index (χ1) is 13.1. The van der Waals surface area contributed by atoms with E-state index in [0.717, 1.165) is 35.1 Å². The second kappa shape index (κ2) is 7.35. The van der Waals surface area contributed by atoms with Gasteiger partial charge in [0.05, 0.1) is 5.56 Å². The van der Waals surface area contributed by atoms with Gasteiger partial charge in [0.25, 0.3) is 17.5 Å². The maximum atomic E-state index is 12.9. The second-order valence-corrected chi connectivity index (χ2v) is 5.94. The van der Waals surface area contributed by atoms with Gasteiger partial charge in [-0.1, -0.05) is 4.90 Å². The van der Waals surface area contributed by atoms with Gasteiger partial charge in [-0.05, 0) is 35.0 Å². The lowest BCUT2D eigenvalue weighted by Crippen LogP contribution is -2.36. The highest BCUT2D eigenvalue weighted by molar-refractivity contribution is 7.58. The zero-order valence-corrected chi connectivity index (χ0v) is 14.6. The minimum Gasteiger partial charge on any atom is -0.773 e. The fourth-order valence-electron chi connectivity index (χ4n) is 2.23. The molecule has 1 aromatic carbocycles. The van der Waals surface area contributed by atoms with E-state index in [-0.39, 0.29) is 21.8 Å². The maximum absolute atomic E-state index is 12.9. The van der Waals surface area contributed by atoms with Crippen molar-refractivity contribution >= 4 is 24.2 Å². The summed E-state index contributed by atoms with van der Waals surface area (Å²) in [4.78, 5) is 15.5. The molecule has 3 rings (SSSR count). The van der Waals surface area contributed by atoms with Crippen LogP contribution >= 0.6 is 0 Å². The number of aromatic hydroxyl groups is 1. The standard InChI is InChI=1S/C17H10F4N4O2S/c18-9-1-3-10(4-2-9)23-15(26)14-12(28)8-25(24-16(14)27)11-5-6-13(22-7-11)17(19,20)21/h1-8H,(H2-,23,24,26,27,28). The molecule has 0 spiro atoms. The number of nitrogens with zero attached hydrogens (tertiary/aromatic N) is 3. The van der Waals surface area contributed by atoms with Crippen LogP contribution < -0.4 is 10.00 Å². The Kier molecular flexibility index (Phi) is 5.10. The topological polar surface area (TPSA) is 79.0 Å². The summed E-state index contributed by atoms with van der Waals surface area (Å²) < 4.78 is 51.7. The van der Waals surface area contributed by atoms with Crippen molar-refractivity contribution in [3.8, 4) is 11.6 Å². The molecule has 0 saturated heterocycles. The van der Waals surface area contributed by atoms with Crippen molar-refractivity contribution in [3.05, 3.63) is 65.9 Å². The number of alkyl halides is 3. The molecule has 11 heteroatoms. The highest BCUT2D eigenvalue weighted by Gasteiger charge is 2.32. The van der Waals surface area contributed by atoms with Gasteiger partial charge in [0.1, 0.15) is 17.7 Å². The van der Waals surface area contributed by atoms with Crippen molar-refractivity contribution < 1.29 is 32.1 Å². The maximum Gasteiger partial charge on any atom is 0.433 e. The van der Waals surface area contributed by atoms with Crippen molar-refractivity contribution in [2.24, 2.45) is 0 Å². The number of benzene rings is 1. The van der Waals surface area contributed by atoms with E-state index in [1.807, 2.05) is 0 Å². The summed E-state index contributed by atoms with van der Waals surface area (Å²) in [7, 11) is 0. The summed E-state index contributed by atoms with van der Waals surface area (Å²) in [6, 6.07) is 6.75. The minimum absolute atomic E-state index is 0.0971. The lowest BCUT2D eigenvalue weighted by Gasteiger charge is -2.12. The lowest BCUT2D eigenvalue weighted by atomic mass is 10.2. The van der Waals surface area contributed by atoms with Crippen LogP contribution in [-0.2, 0) is 18.8 Å². The van der Waals surface area contributed by atoms with Crippen LogP contribution in [0.15, 0.2) is 53.7 Å². The van der Waals surface area contributed by atoms with E-state index in [4.69, 9.17) is 12.6 Å². The van der Waals surface area contributed by atoms with Crippen LogP contribution in [0.5, 0.6) is 5.88 Å². The smallest absolute Gasteiger partial charge is 0.433 e. The van der Waals surface area contributed by atoms with Crippen LogP contribution in [0.4, 0.5) is 23.2 Å². The average molecular weight is 410 g/mol. The number of halogens is 4. The van der Waals surface area contributed by atoms with Crippen LogP contribution in [0.25, 0.3) is 5.69 Å². The van der Waals surface area contributed by atoms with E-state index in [2.05, 4.69) is 15.4 Å². The van der Waals surface area contributed by atoms with Crippen LogP contribution in [0.3, 0.4) is 0 Å². The first-order valence-corrected chi connectivity index (χ1v) is 7.99. The molecule has 2 N–H and O–H groups in total. The molecule has 3 aromatic rings. The van der Waals surface area contributed by atoms with Gasteiger partial charge in [0.2, 0.25) is 0 Å². The summed E-state index contributed by atoms with van der Waals surface area (Å²) in [5.41, 5.74) is -1.03. The molecule has 0 bridgehead atoms. The Balaban J connectivity index is 1.88. The Morgan fingerprint density at radius 1 is 1.14 bits per heavy atom. The van der Waals surface area contributed by atoms with Crippen LogP contribution in [0.2, 0.25) is 0 Å². The Labute approximate surface area is 160 Å². The molecule has 0 saturated carbocycles. The second-order valence-electron chi connectivity index (χ2n) is 5.50. The number of amides is 1. The zero-order chi connectivity index (χ0) is 20.5. The number of hydrogen-bond acceptors (Lipinski definition) is 5. The highest BCUT2D eigenvalue weighted by atomic mass is 32.1. The monoisotopic (exact) mass is 410 g/mol. The number of carbonyl (C=O) groups is 1. The molecule has 0 unspecified atom stereocenters. The van der Waals surface area contributed by atoms with Gasteiger partial charge in [-0.3, -0.25) is 4.79 Å². The zero-order valence-electron chi connectivity index (χ0n) is 13.7. The van der Waals surface area contributed by atoms with E-state index >= 15 is 0 Å². The summed E-state index contributed by atoms with van der Waals surface area (Å²) >= 11 is 5.08. The number of carbonyl (C=O) groups excluding carboxylic acids is 1. The van der Waals surface area contributed by atoms with Gasteiger partial charge < -0.3 is 23.1 Å². The fraction of sp³-hybridized carbons (Fsp3) is 0.0588. The SMILES string of the molecule is O=C(Nc1ccc(F)cc1)c1c([S-])c[n+](-c2ccc(C(F)(F)F)nc2)nc1O. The third-order valence-electron chi connectivity index (χ3n) is 3.54. The van der Waals surface area contributed by atoms with Crippen molar-refractivity contribution in [2.75, 3.05) is 5.32 Å². The van der Waals surface area contributed by atoms with Gasteiger partial charge >= 0.3 is 6.18 Å². The summed E-state index contributed by atoms with van der Waals surface area (Å²) in [5.74, 6) is -2.00. The van der Waals surface area contributed by atoms with E-state index in [0.29, 0.717) is 0 Å². The van der Waals surface area contributed by atoms with Crippen molar-refractivity contribution in [1.82, 2.24) is 10.1 Å². The molecular formula is C17H10F4N4O2S. The fourth-order valence-corrected chi connectivity index (χ4v) is 2.51. The largest absolute Gasteiger partial charge is 0.773 e. The van der Waals surface area contributed by atoms with Crippen LogP contribution in [0, 0.1) is 5.82 Å². The van der Waals surface area contributed by atoms with Gasteiger partial charge in [0, 0.05) is 16.9 Å². The molecule has 0 radical (unpaired) electrons. The molecule has 6 nitrogen and oxygen atoms in total. The summed E-state index contributed by atoms with van der Waals surface area (Å²) in [5, 5.41) is 16.3. The quantitative estimate of drug-likeness (QED) is 0.394. The third kappa shape index (κ3) is 4.14. The summed E-state index contributed by atoms with van der Waals surface area (Å²) in [6.45, 7) is 0. The number of aromatic nitrogens is 3. The number of pyridine rings is 1. The molecule has 2 heterocycles. The molecule has 144 valence electrons. The Hall–Kier alpha value is -3.34. The van der Waals surface area contributed by atoms with Crippen molar-refractivity contribution in [1.29, 1.82) is 0 Å². The summed E-state index contributed by atoms with van der Waals surface area (Å²) in [6.07, 6.45) is -2.51. The first-order valence-electron chi connectivity index (χ1n) is 7.58. The number of rotatable bonds is 3. The number of nitrogens with one attached hydrogen (secondary N) is 1. The Morgan fingerprint density at radius 2 is 1.82 bits per heavy atom. The number of hydrogen-bond donors (Lipinski definition) is 2. The molecule has 1 amide bonds. The molecule has 0 atom stereocenters. The molecule has 0 aliphatic heterocycles. The third-order valence-corrected chi connectivity index (χ3v) is 3.85. The molecule has 0 aliphatic carbocycles. The highest BCUT2D eigenvalue weighted by Crippen LogP contribution is 2.27. The molecule has 28 heavy (non-hydrogen) atoms. The predicted octanol–water partition coefficient (Wildman–Crippen LogP) is 2.77. The average Bonchev–Trinajstić information content (AvgIpc) is 2.62. The van der Waals surface area contributed by atoms with Crippen LogP contribution in [-0.4, -0.2) is 21.1 Å². The van der Waals surface area contributed by atoms with Gasteiger partial charge in [-0.2, -0.15) is 13.2 Å². The van der Waals surface area contributed by atoms with Crippen LogP contribution in [0.1, 0.15) is 16.1 Å². The normalized spacial score (nSPS) is 11.3. The molecule has 0 fully saturated rings. The van der Waals surface area contributed by atoms with Gasteiger partial charge in [0.15, 0.2) is 6.20 Å². The van der Waals surface area contributed by atoms with E-state index in [1.165, 1.54) is 18.3 Å².